The highest BCUT2D eigenvalue weighted by atomic mass is 35.5. The van der Waals surface area contributed by atoms with Crippen molar-refractivity contribution in [2.24, 2.45) is 0 Å². The number of amides is 1. The van der Waals surface area contributed by atoms with Gasteiger partial charge in [0.15, 0.2) is 0 Å². The fraction of sp³-hybridized carbons (Fsp3) is 0.381. The molecule has 1 aliphatic heterocycles. The number of carbonyl (C=O) groups excluding carboxylic acids is 1. The molecule has 0 bridgehead atoms. The molecule has 1 amide bonds. The molecule has 0 atom stereocenters. The lowest BCUT2D eigenvalue weighted by molar-refractivity contribution is 0.0827. The Balaban J connectivity index is 1.64. The van der Waals surface area contributed by atoms with Crippen molar-refractivity contribution >= 4 is 23.2 Å². The standard InChI is InChI=1S/C21H26ClN3O/c1-23(2)21(26)18-8-5-7-17(15-18)16-24-11-6-12-25(14-13-24)20-10-4-3-9-19(20)22/h3-5,7-10,15H,6,11-14,16H2,1-2H3. The maximum absolute atomic E-state index is 12.2. The first-order chi connectivity index (χ1) is 12.5. The second-order valence-electron chi connectivity index (χ2n) is 6.97. The summed E-state index contributed by atoms with van der Waals surface area (Å²) < 4.78 is 0. The van der Waals surface area contributed by atoms with Gasteiger partial charge in [-0.15, -0.1) is 0 Å². The Morgan fingerprint density at radius 2 is 1.85 bits per heavy atom. The molecule has 5 heteroatoms. The van der Waals surface area contributed by atoms with Crippen LogP contribution in [0.3, 0.4) is 0 Å². The van der Waals surface area contributed by atoms with Crippen LogP contribution in [0.1, 0.15) is 22.3 Å². The van der Waals surface area contributed by atoms with E-state index < -0.39 is 0 Å². The monoisotopic (exact) mass is 371 g/mol. The summed E-state index contributed by atoms with van der Waals surface area (Å²) in [5, 5.41) is 0.816. The molecule has 26 heavy (non-hydrogen) atoms. The minimum Gasteiger partial charge on any atom is -0.369 e. The number of nitrogens with zero attached hydrogens (tertiary/aromatic N) is 3. The summed E-state index contributed by atoms with van der Waals surface area (Å²) >= 11 is 6.36. The molecule has 0 spiro atoms. The van der Waals surface area contributed by atoms with Crippen LogP contribution in [0.15, 0.2) is 48.5 Å². The van der Waals surface area contributed by atoms with E-state index >= 15 is 0 Å². The predicted molar refractivity (Wildman–Crippen MR) is 108 cm³/mol. The van der Waals surface area contributed by atoms with Crippen molar-refractivity contribution in [3.8, 4) is 0 Å². The number of carbonyl (C=O) groups is 1. The van der Waals surface area contributed by atoms with Crippen LogP contribution in [-0.2, 0) is 6.54 Å². The summed E-state index contributed by atoms with van der Waals surface area (Å²) in [6.07, 6.45) is 1.10. The number of rotatable bonds is 4. The van der Waals surface area contributed by atoms with Crippen LogP contribution >= 0.6 is 11.6 Å². The smallest absolute Gasteiger partial charge is 0.253 e. The highest BCUT2D eigenvalue weighted by molar-refractivity contribution is 6.33. The largest absolute Gasteiger partial charge is 0.369 e. The highest BCUT2D eigenvalue weighted by Crippen LogP contribution is 2.26. The number of benzene rings is 2. The zero-order valence-corrected chi connectivity index (χ0v) is 16.2. The van der Waals surface area contributed by atoms with Crippen LogP contribution in [0, 0.1) is 0 Å². The molecule has 3 rings (SSSR count). The van der Waals surface area contributed by atoms with Crippen LogP contribution in [0.5, 0.6) is 0 Å². The second kappa shape index (κ2) is 8.56. The van der Waals surface area contributed by atoms with E-state index in [-0.39, 0.29) is 5.91 Å². The first-order valence-electron chi connectivity index (χ1n) is 9.07. The third-order valence-electron chi connectivity index (χ3n) is 4.77. The van der Waals surface area contributed by atoms with Crippen molar-refractivity contribution in [2.45, 2.75) is 13.0 Å². The van der Waals surface area contributed by atoms with Gasteiger partial charge in [-0.05, 0) is 36.2 Å². The molecule has 0 aliphatic carbocycles. The molecule has 4 nitrogen and oxygen atoms in total. The lowest BCUT2D eigenvalue weighted by Crippen LogP contribution is -2.30. The Morgan fingerprint density at radius 1 is 1.04 bits per heavy atom. The molecule has 0 aromatic heterocycles. The number of para-hydroxylation sites is 1. The van der Waals surface area contributed by atoms with Gasteiger partial charge in [-0.2, -0.15) is 0 Å². The molecule has 2 aromatic rings. The molecule has 0 N–H and O–H groups in total. The molecule has 1 heterocycles. The fourth-order valence-corrected chi connectivity index (χ4v) is 3.65. The summed E-state index contributed by atoms with van der Waals surface area (Å²) in [6, 6.07) is 16.0. The maximum atomic E-state index is 12.2. The zero-order valence-electron chi connectivity index (χ0n) is 15.5. The van der Waals surface area contributed by atoms with E-state index in [1.165, 1.54) is 5.56 Å². The number of halogens is 1. The van der Waals surface area contributed by atoms with Crippen molar-refractivity contribution in [3.05, 3.63) is 64.7 Å². The number of anilines is 1. The molecule has 0 unspecified atom stereocenters. The Kier molecular flexibility index (Phi) is 6.17. The van der Waals surface area contributed by atoms with Crippen molar-refractivity contribution in [1.82, 2.24) is 9.80 Å². The molecule has 1 fully saturated rings. The Morgan fingerprint density at radius 3 is 2.62 bits per heavy atom. The lowest BCUT2D eigenvalue weighted by atomic mass is 10.1. The molecule has 0 saturated carbocycles. The van der Waals surface area contributed by atoms with Gasteiger partial charge in [0, 0.05) is 52.4 Å². The van der Waals surface area contributed by atoms with Gasteiger partial charge < -0.3 is 9.80 Å². The topological polar surface area (TPSA) is 26.8 Å². The van der Waals surface area contributed by atoms with Gasteiger partial charge in [-0.3, -0.25) is 9.69 Å². The van der Waals surface area contributed by atoms with Crippen LogP contribution in [0.4, 0.5) is 5.69 Å². The molecular formula is C21H26ClN3O. The molecule has 1 aliphatic rings. The van der Waals surface area contributed by atoms with Crippen LogP contribution < -0.4 is 4.90 Å². The van der Waals surface area contributed by atoms with Gasteiger partial charge in [-0.25, -0.2) is 0 Å². The first-order valence-corrected chi connectivity index (χ1v) is 9.45. The Labute approximate surface area is 161 Å². The summed E-state index contributed by atoms with van der Waals surface area (Å²) in [4.78, 5) is 18.6. The molecule has 2 aromatic carbocycles. The van der Waals surface area contributed by atoms with E-state index in [9.17, 15) is 4.79 Å². The summed E-state index contributed by atoms with van der Waals surface area (Å²) in [7, 11) is 3.57. The number of hydrogen-bond acceptors (Lipinski definition) is 3. The van der Waals surface area contributed by atoms with E-state index in [0.717, 1.165) is 55.4 Å². The lowest BCUT2D eigenvalue weighted by Gasteiger charge is -2.24. The average Bonchev–Trinajstić information content (AvgIpc) is 2.87. The third-order valence-corrected chi connectivity index (χ3v) is 5.09. The van der Waals surface area contributed by atoms with Gasteiger partial charge in [-0.1, -0.05) is 35.9 Å². The quantitative estimate of drug-likeness (QED) is 0.818. The maximum Gasteiger partial charge on any atom is 0.253 e. The van der Waals surface area contributed by atoms with Gasteiger partial charge in [0.1, 0.15) is 0 Å². The van der Waals surface area contributed by atoms with E-state index in [4.69, 9.17) is 11.6 Å². The van der Waals surface area contributed by atoms with E-state index in [0.29, 0.717) is 0 Å². The van der Waals surface area contributed by atoms with Crippen LogP contribution in [0.2, 0.25) is 5.02 Å². The predicted octanol–water partition coefficient (Wildman–Crippen LogP) is 3.75. The third kappa shape index (κ3) is 4.57. The fourth-order valence-electron chi connectivity index (χ4n) is 3.40. The summed E-state index contributed by atoms with van der Waals surface area (Å²) in [5.41, 5.74) is 3.05. The summed E-state index contributed by atoms with van der Waals surface area (Å²) in [6.45, 7) is 4.87. The van der Waals surface area contributed by atoms with E-state index in [1.54, 1.807) is 19.0 Å². The minimum atomic E-state index is 0.0487. The Hall–Kier alpha value is -2.04. The Bertz CT molecular complexity index is 762. The van der Waals surface area contributed by atoms with Gasteiger partial charge in [0.2, 0.25) is 0 Å². The average molecular weight is 372 g/mol. The first kappa shape index (κ1) is 18.7. The molecule has 1 saturated heterocycles. The van der Waals surface area contributed by atoms with Gasteiger partial charge >= 0.3 is 0 Å². The van der Waals surface area contributed by atoms with Crippen LogP contribution in [0.25, 0.3) is 0 Å². The van der Waals surface area contributed by atoms with Crippen molar-refractivity contribution in [1.29, 1.82) is 0 Å². The summed E-state index contributed by atoms with van der Waals surface area (Å²) in [5.74, 6) is 0.0487. The van der Waals surface area contributed by atoms with Crippen molar-refractivity contribution in [3.63, 3.8) is 0 Å². The van der Waals surface area contributed by atoms with Gasteiger partial charge in [0.05, 0.1) is 10.7 Å². The molecule has 138 valence electrons. The zero-order chi connectivity index (χ0) is 18.5. The van der Waals surface area contributed by atoms with E-state index in [2.05, 4.69) is 21.9 Å². The molecular weight excluding hydrogens is 346 g/mol. The van der Waals surface area contributed by atoms with Crippen molar-refractivity contribution in [2.75, 3.05) is 45.2 Å². The normalized spacial score (nSPS) is 15.6. The number of hydrogen-bond donors (Lipinski definition) is 0. The second-order valence-corrected chi connectivity index (χ2v) is 7.38. The molecule has 0 radical (unpaired) electrons. The van der Waals surface area contributed by atoms with Crippen LogP contribution in [-0.4, -0.2) is 56.0 Å². The highest BCUT2D eigenvalue weighted by Gasteiger charge is 2.17. The van der Waals surface area contributed by atoms with E-state index in [1.807, 2.05) is 36.4 Å². The van der Waals surface area contributed by atoms with Gasteiger partial charge in [0.25, 0.3) is 5.91 Å². The SMILES string of the molecule is CN(C)C(=O)c1cccc(CN2CCCN(c3ccccc3Cl)CC2)c1. The minimum absolute atomic E-state index is 0.0487. The van der Waals surface area contributed by atoms with Crippen molar-refractivity contribution < 1.29 is 4.79 Å².